The lowest BCUT2D eigenvalue weighted by Crippen LogP contribution is -2.24. The predicted octanol–water partition coefficient (Wildman–Crippen LogP) is 3.27. The van der Waals surface area contributed by atoms with E-state index in [1.165, 1.54) is 11.1 Å². The second-order valence-electron chi connectivity index (χ2n) is 4.52. The molecule has 0 spiro atoms. The van der Waals surface area contributed by atoms with E-state index < -0.39 is 0 Å². The first-order chi connectivity index (χ1) is 8.81. The van der Waals surface area contributed by atoms with Crippen LogP contribution in [0.3, 0.4) is 0 Å². The van der Waals surface area contributed by atoms with Crippen LogP contribution < -0.4 is 5.32 Å². The summed E-state index contributed by atoms with van der Waals surface area (Å²) in [6.07, 6.45) is 7.49. The van der Waals surface area contributed by atoms with Crippen LogP contribution in [0.4, 0.5) is 0 Å². The van der Waals surface area contributed by atoms with Gasteiger partial charge in [-0.2, -0.15) is 0 Å². The van der Waals surface area contributed by atoms with Crippen molar-refractivity contribution >= 4 is 0 Å². The highest BCUT2D eigenvalue weighted by Crippen LogP contribution is 2.21. The average Bonchev–Trinajstić information content (AvgIpc) is 2.88. The normalized spacial score (nSPS) is 12.6. The Morgan fingerprint density at radius 3 is 2.94 bits per heavy atom. The summed E-state index contributed by atoms with van der Waals surface area (Å²) in [7, 11) is 0. The van der Waals surface area contributed by atoms with Crippen LogP contribution in [0.1, 0.15) is 36.3 Å². The molecule has 0 aromatic carbocycles. The van der Waals surface area contributed by atoms with Gasteiger partial charge >= 0.3 is 0 Å². The minimum absolute atomic E-state index is 0.268. The fourth-order valence-electron chi connectivity index (χ4n) is 2.08. The Morgan fingerprint density at radius 2 is 2.28 bits per heavy atom. The fourth-order valence-corrected chi connectivity index (χ4v) is 2.08. The van der Waals surface area contributed by atoms with Gasteiger partial charge in [0.2, 0.25) is 0 Å². The van der Waals surface area contributed by atoms with Gasteiger partial charge in [-0.3, -0.25) is 4.98 Å². The van der Waals surface area contributed by atoms with Crippen LogP contribution in [0.15, 0.2) is 41.3 Å². The standard InChI is InChI=1S/C15H20N2O/c1-3-7-17-15(10-13-5-4-9-18-13)14-11-16-8-6-12(14)2/h4-6,8-9,11,15,17H,3,7,10H2,1-2H3. The number of hydrogen-bond acceptors (Lipinski definition) is 3. The number of hydrogen-bond donors (Lipinski definition) is 1. The van der Waals surface area contributed by atoms with Gasteiger partial charge in [-0.25, -0.2) is 0 Å². The zero-order chi connectivity index (χ0) is 12.8. The van der Waals surface area contributed by atoms with Crippen molar-refractivity contribution < 1.29 is 4.42 Å². The monoisotopic (exact) mass is 244 g/mol. The Balaban J connectivity index is 2.16. The summed E-state index contributed by atoms with van der Waals surface area (Å²) < 4.78 is 5.44. The number of nitrogens with one attached hydrogen (secondary N) is 1. The Bertz CT molecular complexity index is 465. The third kappa shape index (κ3) is 3.20. The summed E-state index contributed by atoms with van der Waals surface area (Å²) in [4.78, 5) is 4.23. The molecule has 1 atom stereocenters. The van der Waals surface area contributed by atoms with E-state index in [2.05, 4.69) is 30.2 Å². The van der Waals surface area contributed by atoms with Gasteiger partial charge in [-0.15, -0.1) is 0 Å². The van der Waals surface area contributed by atoms with Gasteiger partial charge in [0, 0.05) is 24.9 Å². The first-order valence-electron chi connectivity index (χ1n) is 6.47. The molecule has 0 aliphatic carbocycles. The third-order valence-electron chi connectivity index (χ3n) is 3.08. The molecule has 1 N–H and O–H groups in total. The van der Waals surface area contributed by atoms with Gasteiger partial charge in [0.05, 0.1) is 6.26 Å². The quantitative estimate of drug-likeness (QED) is 0.847. The molecule has 0 amide bonds. The predicted molar refractivity (Wildman–Crippen MR) is 72.4 cm³/mol. The second-order valence-corrected chi connectivity index (χ2v) is 4.52. The summed E-state index contributed by atoms with van der Waals surface area (Å²) in [5.74, 6) is 1.01. The Labute approximate surface area is 108 Å². The molecule has 0 saturated carbocycles. The van der Waals surface area contributed by atoms with Gasteiger partial charge in [0.15, 0.2) is 0 Å². The molecule has 2 aromatic heterocycles. The minimum Gasteiger partial charge on any atom is -0.469 e. The minimum atomic E-state index is 0.268. The van der Waals surface area contributed by atoms with E-state index in [1.54, 1.807) is 6.26 Å². The summed E-state index contributed by atoms with van der Waals surface area (Å²) in [5, 5.41) is 3.56. The van der Waals surface area contributed by atoms with Crippen molar-refractivity contribution in [3.63, 3.8) is 0 Å². The van der Waals surface area contributed by atoms with Crippen LogP contribution in [0.2, 0.25) is 0 Å². The molecule has 0 fully saturated rings. The second kappa shape index (κ2) is 6.36. The van der Waals surface area contributed by atoms with Crippen LogP contribution in [0.25, 0.3) is 0 Å². The summed E-state index contributed by atoms with van der Waals surface area (Å²) in [6.45, 7) is 5.30. The maximum atomic E-state index is 5.44. The number of aromatic nitrogens is 1. The van der Waals surface area contributed by atoms with E-state index in [-0.39, 0.29) is 6.04 Å². The molecule has 3 heteroatoms. The maximum absolute atomic E-state index is 5.44. The van der Waals surface area contributed by atoms with Gasteiger partial charge in [-0.05, 0) is 49.2 Å². The third-order valence-corrected chi connectivity index (χ3v) is 3.08. The van der Waals surface area contributed by atoms with Crippen LogP contribution in [0.5, 0.6) is 0 Å². The number of rotatable bonds is 6. The molecule has 1 unspecified atom stereocenters. The van der Waals surface area contributed by atoms with Crippen molar-refractivity contribution in [2.75, 3.05) is 6.54 Å². The molecule has 2 aromatic rings. The maximum Gasteiger partial charge on any atom is 0.105 e. The number of furan rings is 1. The van der Waals surface area contributed by atoms with Gasteiger partial charge in [-0.1, -0.05) is 6.92 Å². The van der Waals surface area contributed by atoms with Crippen molar-refractivity contribution in [3.05, 3.63) is 53.7 Å². The van der Waals surface area contributed by atoms with Crippen LogP contribution in [-0.2, 0) is 6.42 Å². The molecule has 2 rings (SSSR count). The molecular formula is C15H20N2O. The van der Waals surface area contributed by atoms with E-state index in [4.69, 9.17) is 4.42 Å². The molecule has 18 heavy (non-hydrogen) atoms. The lowest BCUT2D eigenvalue weighted by molar-refractivity contribution is 0.447. The van der Waals surface area contributed by atoms with E-state index in [1.807, 2.05) is 24.5 Å². The van der Waals surface area contributed by atoms with E-state index in [9.17, 15) is 0 Å². The summed E-state index contributed by atoms with van der Waals surface area (Å²) >= 11 is 0. The van der Waals surface area contributed by atoms with Crippen LogP contribution in [0, 0.1) is 6.92 Å². The first-order valence-corrected chi connectivity index (χ1v) is 6.47. The first kappa shape index (κ1) is 12.8. The zero-order valence-electron chi connectivity index (χ0n) is 11.0. The van der Waals surface area contributed by atoms with Crippen molar-refractivity contribution in [2.24, 2.45) is 0 Å². The number of aryl methyl sites for hydroxylation is 1. The number of nitrogens with zero attached hydrogens (tertiary/aromatic N) is 1. The zero-order valence-corrected chi connectivity index (χ0v) is 11.0. The smallest absolute Gasteiger partial charge is 0.105 e. The molecule has 3 nitrogen and oxygen atoms in total. The van der Waals surface area contributed by atoms with Crippen molar-refractivity contribution in [1.82, 2.24) is 10.3 Å². The Kier molecular flexibility index (Phi) is 4.53. The summed E-state index contributed by atoms with van der Waals surface area (Å²) in [6, 6.07) is 6.28. The van der Waals surface area contributed by atoms with Gasteiger partial charge < -0.3 is 9.73 Å². The molecule has 0 radical (unpaired) electrons. The highest BCUT2D eigenvalue weighted by molar-refractivity contribution is 5.26. The van der Waals surface area contributed by atoms with Crippen molar-refractivity contribution in [2.45, 2.75) is 32.7 Å². The molecule has 0 aliphatic heterocycles. The highest BCUT2D eigenvalue weighted by Gasteiger charge is 2.15. The molecule has 96 valence electrons. The van der Waals surface area contributed by atoms with E-state index >= 15 is 0 Å². The summed E-state index contributed by atoms with van der Waals surface area (Å²) in [5.41, 5.74) is 2.52. The molecule has 0 saturated heterocycles. The van der Waals surface area contributed by atoms with E-state index in [0.717, 1.165) is 25.1 Å². The number of pyridine rings is 1. The van der Waals surface area contributed by atoms with E-state index in [0.29, 0.717) is 0 Å². The highest BCUT2D eigenvalue weighted by atomic mass is 16.3. The van der Waals surface area contributed by atoms with Crippen molar-refractivity contribution in [1.29, 1.82) is 0 Å². The average molecular weight is 244 g/mol. The van der Waals surface area contributed by atoms with Crippen LogP contribution in [-0.4, -0.2) is 11.5 Å². The molecule has 2 heterocycles. The van der Waals surface area contributed by atoms with Gasteiger partial charge in [0.1, 0.15) is 5.76 Å². The van der Waals surface area contributed by atoms with Crippen molar-refractivity contribution in [3.8, 4) is 0 Å². The molecule has 0 aliphatic rings. The SMILES string of the molecule is CCCNC(Cc1ccco1)c1cnccc1C. The largest absolute Gasteiger partial charge is 0.469 e. The van der Waals surface area contributed by atoms with Gasteiger partial charge in [0.25, 0.3) is 0 Å². The molecule has 0 bridgehead atoms. The topological polar surface area (TPSA) is 38.1 Å². The van der Waals surface area contributed by atoms with Crippen LogP contribution >= 0.6 is 0 Å². The fraction of sp³-hybridized carbons (Fsp3) is 0.400. The lowest BCUT2D eigenvalue weighted by atomic mass is 10.00. The molecular weight excluding hydrogens is 224 g/mol. The lowest BCUT2D eigenvalue weighted by Gasteiger charge is -2.19. The Hall–Kier alpha value is -1.61. The Morgan fingerprint density at radius 1 is 1.39 bits per heavy atom.